The van der Waals surface area contributed by atoms with E-state index in [1.165, 1.54) is 22.3 Å². The van der Waals surface area contributed by atoms with Crippen LogP contribution >= 0.6 is 0 Å². The van der Waals surface area contributed by atoms with Gasteiger partial charge >= 0.3 is 0 Å². The average Bonchev–Trinajstić information content (AvgIpc) is 2.99. The van der Waals surface area contributed by atoms with E-state index in [1.54, 1.807) is 5.57 Å². The molecular formula is C27H30O2. The summed E-state index contributed by atoms with van der Waals surface area (Å²) in [4.78, 5) is 12.1. The van der Waals surface area contributed by atoms with Gasteiger partial charge in [-0.2, -0.15) is 0 Å². The second-order valence-corrected chi connectivity index (χ2v) is 9.95. The zero-order chi connectivity index (χ0) is 20.4. The Labute approximate surface area is 174 Å². The third-order valence-electron chi connectivity index (χ3n) is 8.60. The number of hydrogen-bond donors (Lipinski definition) is 1. The molecule has 0 bridgehead atoms. The molecular weight excluding hydrogens is 356 g/mol. The van der Waals surface area contributed by atoms with Crippen molar-refractivity contribution in [3.8, 4) is 12.3 Å². The Balaban J connectivity index is 1.70. The summed E-state index contributed by atoms with van der Waals surface area (Å²) in [6.07, 6.45) is 14.0. The highest BCUT2D eigenvalue weighted by atomic mass is 16.3. The normalized spacial score (nSPS) is 38.6. The number of aryl methyl sites for hydroxylation is 1. The summed E-state index contributed by atoms with van der Waals surface area (Å²) >= 11 is 0. The number of carbonyl (C=O) groups excluding carboxylic acids is 1. The molecule has 2 heteroatoms. The Hall–Kier alpha value is -2.11. The van der Waals surface area contributed by atoms with Crippen molar-refractivity contribution in [2.24, 2.45) is 17.3 Å². The summed E-state index contributed by atoms with van der Waals surface area (Å²) in [6.45, 7) is 4.36. The lowest BCUT2D eigenvalue weighted by molar-refractivity contribution is -0.114. The third-order valence-corrected chi connectivity index (χ3v) is 8.60. The molecule has 4 aliphatic rings. The summed E-state index contributed by atoms with van der Waals surface area (Å²) in [5.74, 6) is 4.23. The fourth-order valence-corrected chi connectivity index (χ4v) is 7.00. The van der Waals surface area contributed by atoms with Crippen LogP contribution in [0.2, 0.25) is 0 Å². The van der Waals surface area contributed by atoms with Gasteiger partial charge in [0.25, 0.3) is 0 Å². The van der Waals surface area contributed by atoms with Crippen molar-refractivity contribution < 1.29 is 9.90 Å². The first kappa shape index (κ1) is 18.9. The van der Waals surface area contributed by atoms with Crippen LogP contribution in [-0.4, -0.2) is 16.5 Å². The average molecular weight is 387 g/mol. The maximum absolute atomic E-state index is 12.1. The van der Waals surface area contributed by atoms with E-state index in [0.29, 0.717) is 24.7 Å². The molecule has 2 nitrogen and oxygen atoms in total. The molecule has 0 amide bonds. The van der Waals surface area contributed by atoms with E-state index in [9.17, 15) is 9.90 Å². The van der Waals surface area contributed by atoms with E-state index in [0.717, 1.165) is 32.1 Å². The predicted octanol–water partition coefficient (Wildman–Crippen LogP) is 5.26. The Kier molecular flexibility index (Phi) is 4.20. The second-order valence-electron chi connectivity index (χ2n) is 9.95. The molecule has 0 unspecified atom stereocenters. The third kappa shape index (κ3) is 2.63. The summed E-state index contributed by atoms with van der Waals surface area (Å²) < 4.78 is 0. The van der Waals surface area contributed by atoms with Gasteiger partial charge in [0.15, 0.2) is 5.78 Å². The van der Waals surface area contributed by atoms with E-state index >= 15 is 0 Å². The van der Waals surface area contributed by atoms with Gasteiger partial charge in [-0.15, -0.1) is 6.42 Å². The number of ketones is 1. The fraction of sp³-hybridized carbons (Fsp3) is 0.519. The van der Waals surface area contributed by atoms with E-state index in [2.05, 4.69) is 44.0 Å². The predicted molar refractivity (Wildman–Crippen MR) is 115 cm³/mol. The lowest BCUT2D eigenvalue weighted by Crippen LogP contribution is -2.50. The molecule has 2 saturated carbocycles. The summed E-state index contributed by atoms with van der Waals surface area (Å²) in [7, 11) is 0. The molecule has 1 N–H and O–H groups in total. The molecule has 1 aromatic carbocycles. The van der Waals surface area contributed by atoms with Crippen molar-refractivity contribution in [1.29, 1.82) is 0 Å². The highest BCUT2D eigenvalue weighted by Gasteiger charge is 2.62. The maximum Gasteiger partial charge on any atom is 0.156 e. The minimum Gasteiger partial charge on any atom is -0.377 e. The molecule has 0 heterocycles. The lowest BCUT2D eigenvalue weighted by atomic mass is 9.51. The molecule has 2 fully saturated rings. The molecule has 0 radical (unpaired) electrons. The molecule has 150 valence electrons. The first-order chi connectivity index (χ1) is 13.9. The standard InChI is InChI=1S/C27H30O2/c1-4-27(29)14-13-24-22-11-9-19-15-20(28)10-12-21(19)25(22)23(16-26(24,27)3)18-7-5-17(2)6-8-18/h1,5-8,15,22-24,29H,9-14,16H2,2-3H3/t22-,23+,24-,26-,27-/m0/s1. The first-order valence-corrected chi connectivity index (χ1v) is 11.1. The van der Waals surface area contributed by atoms with Crippen molar-refractivity contribution in [3.63, 3.8) is 0 Å². The number of hydrogen-bond acceptors (Lipinski definition) is 2. The smallest absolute Gasteiger partial charge is 0.156 e. The Morgan fingerprint density at radius 1 is 1.14 bits per heavy atom. The van der Waals surface area contributed by atoms with Crippen LogP contribution in [0.5, 0.6) is 0 Å². The van der Waals surface area contributed by atoms with Gasteiger partial charge in [-0.05, 0) is 80.1 Å². The summed E-state index contributed by atoms with van der Waals surface area (Å²) in [5, 5.41) is 11.4. The Morgan fingerprint density at radius 3 is 2.62 bits per heavy atom. The number of terminal acetylenes is 1. The molecule has 0 aromatic heterocycles. The fourth-order valence-electron chi connectivity index (χ4n) is 7.00. The van der Waals surface area contributed by atoms with Crippen LogP contribution in [0.25, 0.3) is 0 Å². The molecule has 0 spiro atoms. The van der Waals surface area contributed by atoms with Crippen molar-refractivity contribution >= 4 is 5.78 Å². The van der Waals surface area contributed by atoms with Crippen LogP contribution in [0.4, 0.5) is 0 Å². The first-order valence-electron chi connectivity index (χ1n) is 11.1. The van der Waals surface area contributed by atoms with Crippen LogP contribution < -0.4 is 0 Å². The van der Waals surface area contributed by atoms with Crippen LogP contribution in [0, 0.1) is 36.5 Å². The quantitative estimate of drug-likeness (QED) is 0.669. The van der Waals surface area contributed by atoms with Gasteiger partial charge in [0.2, 0.25) is 0 Å². The highest BCUT2D eigenvalue weighted by molar-refractivity contribution is 5.93. The molecule has 4 aliphatic carbocycles. The summed E-state index contributed by atoms with van der Waals surface area (Å²) in [5.41, 5.74) is 5.59. The van der Waals surface area contributed by atoms with E-state index in [1.807, 2.05) is 6.08 Å². The lowest BCUT2D eigenvalue weighted by Gasteiger charge is -2.53. The molecule has 5 atom stereocenters. The van der Waals surface area contributed by atoms with Crippen LogP contribution in [-0.2, 0) is 4.79 Å². The molecule has 0 aliphatic heterocycles. The Morgan fingerprint density at radius 2 is 1.90 bits per heavy atom. The van der Waals surface area contributed by atoms with Gasteiger partial charge in [0.05, 0.1) is 0 Å². The van der Waals surface area contributed by atoms with Crippen molar-refractivity contribution in [3.05, 3.63) is 58.2 Å². The van der Waals surface area contributed by atoms with Gasteiger partial charge in [-0.1, -0.05) is 48.2 Å². The van der Waals surface area contributed by atoms with Crippen molar-refractivity contribution in [2.45, 2.75) is 70.3 Å². The number of benzene rings is 1. The van der Waals surface area contributed by atoms with Crippen molar-refractivity contribution in [2.75, 3.05) is 0 Å². The monoisotopic (exact) mass is 386 g/mol. The summed E-state index contributed by atoms with van der Waals surface area (Å²) in [6, 6.07) is 8.89. The van der Waals surface area contributed by atoms with E-state index in [4.69, 9.17) is 6.42 Å². The van der Waals surface area contributed by atoms with Gasteiger partial charge in [-0.3, -0.25) is 4.79 Å². The number of aliphatic hydroxyl groups is 1. The number of rotatable bonds is 1. The minimum absolute atomic E-state index is 0.266. The molecule has 1 aromatic rings. The minimum atomic E-state index is -1.02. The van der Waals surface area contributed by atoms with Crippen molar-refractivity contribution in [1.82, 2.24) is 0 Å². The number of carbonyl (C=O) groups is 1. The van der Waals surface area contributed by atoms with E-state index < -0.39 is 5.60 Å². The van der Waals surface area contributed by atoms with Gasteiger partial charge < -0.3 is 5.11 Å². The largest absolute Gasteiger partial charge is 0.377 e. The number of fused-ring (bicyclic) bond motifs is 4. The van der Waals surface area contributed by atoms with Crippen LogP contribution in [0.3, 0.4) is 0 Å². The zero-order valence-electron chi connectivity index (χ0n) is 17.5. The number of allylic oxidation sites excluding steroid dienone is 4. The van der Waals surface area contributed by atoms with Crippen LogP contribution in [0.15, 0.2) is 47.1 Å². The maximum atomic E-state index is 12.1. The zero-order valence-corrected chi connectivity index (χ0v) is 17.5. The Bertz CT molecular complexity index is 973. The highest BCUT2D eigenvalue weighted by Crippen LogP contribution is 2.66. The molecule has 5 rings (SSSR count). The van der Waals surface area contributed by atoms with Gasteiger partial charge in [0.1, 0.15) is 5.60 Å². The van der Waals surface area contributed by atoms with Crippen LogP contribution in [0.1, 0.15) is 68.9 Å². The topological polar surface area (TPSA) is 37.3 Å². The van der Waals surface area contributed by atoms with Gasteiger partial charge in [-0.25, -0.2) is 0 Å². The van der Waals surface area contributed by atoms with Gasteiger partial charge in [0, 0.05) is 17.8 Å². The molecule has 29 heavy (non-hydrogen) atoms. The SMILES string of the molecule is C#C[C@]1(O)CC[C@H]2[C@@H]3CCC4=CC(=O)CCC4=C3[C@@H](c3ccc(C)cc3)C[C@@]21C. The van der Waals surface area contributed by atoms with E-state index in [-0.39, 0.29) is 17.1 Å². The molecule has 0 saturated heterocycles. The second kappa shape index (κ2) is 6.44.